The molecule has 2 fully saturated rings. The molecule has 0 saturated carbocycles. The molecule has 118 valence electrons. The minimum absolute atomic E-state index is 0.149. The molecule has 0 radical (unpaired) electrons. The Morgan fingerprint density at radius 3 is 2.70 bits per heavy atom. The summed E-state index contributed by atoms with van der Waals surface area (Å²) in [5, 5.41) is 3.73. The lowest BCUT2D eigenvalue weighted by atomic mass is 9.85. The number of hydrogen-bond acceptors (Lipinski definition) is 3. The van der Waals surface area contributed by atoms with Crippen molar-refractivity contribution in [3.63, 3.8) is 0 Å². The molecule has 2 heterocycles. The molecule has 0 spiro atoms. The third-order valence-corrected chi connectivity index (χ3v) is 5.54. The lowest BCUT2D eigenvalue weighted by molar-refractivity contribution is -0.110. The van der Waals surface area contributed by atoms with Crippen LogP contribution in [0, 0.1) is 5.92 Å². The number of rotatable bonds is 4. The molecule has 2 aliphatic rings. The summed E-state index contributed by atoms with van der Waals surface area (Å²) < 4.78 is 6.15. The van der Waals surface area contributed by atoms with Crippen LogP contribution < -0.4 is 5.32 Å². The lowest BCUT2D eigenvalue weighted by Crippen LogP contribution is -2.51. The Morgan fingerprint density at radius 1 is 1.30 bits per heavy atom. The van der Waals surface area contributed by atoms with Crippen molar-refractivity contribution in [1.29, 1.82) is 0 Å². The van der Waals surface area contributed by atoms with E-state index >= 15 is 0 Å². The zero-order chi connectivity index (χ0) is 14.6. The number of ether oxygens (including phenoxy) is 1. The van der Waals surface area contributed by atoms with Gasteiger partial charge in [0.05, 0.1) is 5.60 Å². The van der Waals surface area contributed by atoms with Crippen LogP contribution >= 0.6 is 0 Å². The van der Waals surface area contributed by atoms with Gasteiger partial charge in [-0.25, -0.2) is 0 Å². The largest absolute Gasteiger partial charge is 0.375 e. The molecular weight excluding hydrogens is 248 g/mol. The van der Waals surface area contributed by atoms with Gasteiger partial charge >= 0.3 is 0 Å². The van der Waals surface area contributed by atoms with E-state index in [0.29, 0.717) is 6.04 Å². The van der Waals surface area contributed by atoms with Crippen molar-refractivity contribution in [1.82, 2.24) is 10.2 Å². The maximum atomic E-state index is 6.15. The first-order chi connectivity index (χ1) is 9.60. The average molecular weight is 282 g/mol. The molecule has 0 aromatic carbocycles. The first-order valence-electron chi connectivity index (χ1n) is 8.71. The second-order valence-electron chi connectivity index (χ2n) is 7.04. The average Bonchev–Trinajstić information content (AvgIpc) is 2.73. The molecule has 2 unspecified atom stereocenters. The Hall–Kier alpha value is -0.120. The highest BCUT2D eigenvalue weighted by atomic mass is 16.5. The van der Waals surface area contributed by atoms with Gasteiger partial charge in [0.25, 0.3) is 0 Å². The molecule has 2 saturated heterocycles. The second-order valence-corrected chi connectivity index (χ2v) is 7.04. The maximum absolute atomic E-state index is 6.15. The molecule has 2 rings (SSSR count). The van der Waals surface area contributed by atoms with Crippen molar-refractivity contribution < 1.29 is 4.74 Å². The SMILES string of the molecule is CCC1(CC)CC(N2CCCNC(C(C)C)C2)CCO1. The Kier molecular flexibility index (Phi) is 5.88. The normalized spacial score (nSPS) is 32.2. The number of hydrogen-bond donors (Lipinski definition) is 1. The van der Waals surface area contributed by atoms with Gasteiger partial charge in [-0.3, -0.25) is 4.90 Å². The van der Waals surface area contributed by atoms with E-state index in [1.165, 1.54) is 38.9 Å². The van der Waals surface area contributed by atoms with Crippen LogP contribution in [0.2, 0.25) is 0 Å². The third kappa shape index (κ3) is 3.75. The first-order valence-corrected chi connectivity index (χ1v) is 8.71. The highest BCUT2D eigenvalue weighted by Crippen LogP contribution is 2.34. The fourth-order valence-corrected chi connectivity index (χ4v) is 3.81. The van der Waals surface area contributed by atoms with Crippen molar-refractivity contribution in [3.8, 4) is 0 Å². The van der Waals surface area contributed by atoms with Gasteiger partial charge in [-0.15, -0.1) is 0 Å². The summed E-state index contributed by atoms with van der Waals surface area (Å²) in [5.74, 6) is 0.720. The fourth-order valence-electron chi connectivity index (χ4n) is 3.81. The van der Waals surface area contributed by atoms with Crippen LogP contribution in [0.4, 0.5) is 0 Å². The van der Waals surface area contributed by atoms with Gasteiger partial charge < -0.3 is 10.1 Å². The molecule has 0 aromatic rings. The van der Waals surface area contributed by atoms with Gasteiger partial charge in [-0.05, 0) is 51.1 Å². The number of nitrogens with zero attached hydrogens (tertiary/aromatic N) is 1. The first kappa shape index (κ1) is 16.3. The highest BCUT2D eigenvalue weighted by molar-refractivity contribution is 4.91. The predicted molar refractivity (Wildman–Crippen MR) is 85.1 cm³/mol. The van der Waals surface area contributed by atoms with Gasteiger partial charge in [-0.1, -0.05) is 27.7 Å². The topological polar surface area (TPSA) is 24.5 Å². The minimum Gasteiger partial charge on any atom is -0.375 e. The van der Waals surface area contributed by atoms with E-state index in [9.17, 15) is 0 Å². The molecule has 2 atom stereocenters. The molecule has 1 N–H and O–H groups in total. The molecule has 0 bridgehead atoms. The highest BCUT2D eigenvalue weighted by Gasteiger charge is 2.37. The quantitative estimate of drug-likeness (QED) is 0.858. The van der Waals surface area contributed by atoms with E-state index < -0.39 is 0 Å². The van der Waals surface area contributed by atoms with Gasteiger partial charge in [0.2, 0.25) is 0 Å². The molecule has 2 aliphatic heterocycles. The summed E-state index contributed by atoms with van der Waals surface area (Å²) in [6.45, 7) is 13.8. The maximum Gasteiger partial charge on any atom is 0.0692 e. The Bertz CT molecular complexity index is 289. The van der Waals surface area contributed by atoms with E-state index in [4.69, 9.17) is 4.74 Å². The van der Waals surface area contributed by atoms with Crippen LogP contribution in [0.15, 0.2) is 0 Å². The van der Waals surface area contributed by atoms with E-state index in [1.807, 2.05) is 0 Å². The van der Waals surface area contributed by atoms with Crippen LogP contribution in [0.5, 0.6) is 0 Å². The third-order valence-electron chi connectivity index (χ3n) is 5.54. The van der Waals surface area contributed by atoms with Crippen LogP contribution in [0.3, 0.4) is 0 Å². The molecule has 3 heteroatoms. The Balaban J connectivity index is 2.01. The van der Waals surface area contributed by atoms with Gasteiger partial charge in [0.1, 0.15) is 0 Å². The molecule has 0 amide bonds. The molecule has 20 heavy (non-hydrogen) atoms. The summed E-state index contributed by atoms with van der Waals surface area (Å²) in [4.78, 5) is 2.76. The number of nitrogens with one attached hydrogen (secondary N) is 1. The minimum atomic E-state index is 0.149. The Labute approximate surface area is 125 Å². The van der Waals surface area contributed by atoms with Gasteiger partial charge in [0, 0.05) is 25.2 Å². The van der Waals surface area contributed by atoms with Crippen LogP contribution in [0.25, 0.3) is 0 Å². The fraction of sp³-hybridized carbons (Fsp3) is 1.00. The van der Waals surface area contributed by atoms with Crippen LogP contribution in [-0.4, -0.2) is 48.8 Å². The summed E-state index contributed by atoms with van der Waals surface area (Å²) in [7, 11) is 0. The van der Waals surface area contributed by atoms with E-state index in [2.05, 4.69) is 37.9 Å². The van der Waals surface area contributed by atoms with Crippen LogP contribution in [-0.2, 0) is 4.74 Å². The molecule has 3 nitrogen and oxygen atoms in total. The summed E-state index contributed by atoms with van der Waals surface area (Å²) in [5.41, 5.74) is 0.149. The predicted octanol–water partition coefficient (Wildman–Crippen LogP) is 3.04. The standard InChI is InChI=1S/C17H34N2O/c1-5-17(6-2)12-15(8-11-20-17)19-10-7-9-18-16(13-19)14(3)4/h14-16,18H,5-13H2,1-4H3. The second kappa shape index (κ2) is 7.24. The van der Waals surface area contributed by atoms with Crippen molar-refractivity contribution in [2.24, 2.45) is 5.92 Å². The van der Waals surface area contributed by atoms with Crippen LogP contribution in [0.1, 0.15) is 59.8 Å². The zero-order valence-corrected chi connectivity index (χ0v) is 14.0. The lowest BCUT2D eigenvalue weighted by Gasteiger charge is -2.44. The van der Waals surface area contributed by atoms with E-state index in [0.717, 1.165) is 31.4 Å². The van der Waals surface area contributed by atoms with E-state index in [-0.39, 0.29) is 5.60 Å². The van der Waals surface area contributed by atoms with E-state index in [1.54, 1.807) is 0 Å². The summed E-state index contributed by atoms with van der Waals surface area (Å²) in [6.07, 6.45) is 6.03. The molecular formula is C17H34N2O. The molecule has 0 aliphatic carbocycles. The smallest absolute Gasteiger partial charge is 0.0692 e. The summed E-state index contributed by atoms with van der Waals surface area (Å²) in [6, 6.07) is 1.38. The van der Waals surface area contributed by atoms with Gasteiger partial charge in [0.15, 0.2) is 0 Å². The monoisotopic (exact) mass is 282 g/mol. The summed E-state index contributed by atoms with van der Waals surface area (Å²) >= 11 is 0. The van der Waals surface area contributed by atoms with Crippen molar-refractivity contribution in [3.05, 3.63) is 0 Å². The van der Waals surface area contributed by atoms with Gasteiger partial charge in [-0.2, -0.15) is 0 Å². The van der Waals surface area contributed by atoms with Crippen molar-refractivity contribution in [2.75, 3.05) is 26.2 Å². The molecule has 0 aromatic heterocycles. The zero-order valence-electron chi connectivity index (χ0n) is 14.0. The van der Waals surface area contributed by atoms with Crippen molar-refractivity contribution in [2.45, 2.75) is 77.5 Å². The van der Waals surface area contributed by atoms with Crippen molar-refractivity contribution >= 4 is 0 Å². The Morgan fingerprint density at radius 2 is 2.05 bits per heavy atom.